The molecular formula is C15H10Cl2O3. The van der Waals surface area contributed by atoms with Gasteiger partial charge in [0, 0.05) is 5.56 Å². The molecule has 0 radical (unpaired) electrons. The van der Waals surface area contributed by atoms with E-state index in [2.05, 4.69) is 0 Å². The minimum Gasteiger partial charge on any atom is -0.496 e. The van der Waals surface area contributed by atoms with Gasteiger partial charge in [0.1, 0.15) is 10.8 Å². The van der Waals surface area contributed by atoms with Gasteiger partial charge in [0.25, 0.3) is 0 Å². The summed E-state index contributed by atoms with van der Waals surface area (Å²) in [6.45, 7) is 0. The fourth-order valence-corrected chi connectivity index (χ4v) is 2.71. The zero-order valence-corrected chi connectivity index (χ0v) is 12.0. The van der Waals surface area contributed by atoms with Gasteiger partial charge in [0.2, 0.25) is 0 Å². The van der Waals surface area contributed by atoms with Crippen molar-refractivity contribution < 1.29 is 14.3 Å². The molecule has 1 atom stereocenters. The number of carbonyl (C=O) groups excluding carboxylic acids is 1. The summed E-state index contributed by atoms with van der Waals surface area (Å²) in [5.74, 6) is -0.0114. The molecule has 3 rings (SSSR count). The molecule has 20 heavy (non-hydrogen) atoms. The Hall–Kier alpha value is -1.71. The molecule has 0 N–H and O–H groups in total. The maximum absolute atomic E-state index is 11.6. The van der Waals surface area contributed by atoms with Crippen LogP contribution in [0.15, 0.2) is 46.5 Å². The second-order valence-electron chi connectivity index (χ2n) is 4.35. The van der Waals surface area contributed by atoms with Crippen molar-refractivity contribution in [1.29, 1.82) is 0 Å². The van der Waals surface area contributed by atoms with E-state index in [0.717, 1.165) is 10.8 Å². The Bertz CT molecular complexity index is 737. The highest BCUT2D eigenvalue weighted by atomic mass is 35.5. The van der Waals surface area contributed by atoms with Gasteiger partial charge in [-0.2, -0.15) is 0 Å². The molecule has 102 valence electrons. The number of ether oxygens (including phenoxy) is 2. The van der Waals surface area contributed by atoms with Crippen LogP contribution in [0.5, 0.6) is 5.75 Å². The van der Waals surface area contributed by atoms with Crippen LogP contribution in [0.25, 0.3) is 10.8 Å². The Morgan fingerprint density at radius 1 is 1.15 bits per heavy atom. The number of hydrogen-bond donors (Lipinski definition) is 0. The van der Waals surface area contributed by atoms with Crippen LogP contribution in [0.1, 0.15) is 11.7 Å². The highest BCUT2D eigenvalue weighted by molar-refractivity contribution is 6.48. The van der Waals surface area contributed by atoms with E-state index in [1.54, 1.807) is 7.11 Å². The van der Waals surface area contributed by atoms with Crippen LogP contribution in [0, 0.1) is 0 Å². The molecule has 2 aromatic rings. The smallest absolute Gasteiger partial charge is 0.352 e. The summed E-state index contributed by atoms with van der Waals surface area (Å²) in [6.07, 6.45) is -0.724. The van der Waals surface area contributed by atoms with Crippen molar-refractivity contribution in [3.05, 3.63) is 52.0 Å². The summed E-state index contributed by atoms with van der Waals surface area (Å²) >= 11 is 12.0. The lowest BCUT2D eigenvalue weighted by atomic mass is 9.99. The van der Waals surface area contributed by atoms with Crippen LogP contribution in [-0.4, -0.2) is 13.1 Å². The molecule has 0 saturated carbocycles. The fourth-order valence-electron chi connectivity index (χ4n) is 2.33. The number of halogens is 2. The topological polar surface area (TPSA) is 35.5 Å². The number of carbonyl (C=O) groups is 1. The van der Waals surface area contributed by atoms with Gasteiger partial charge in [0.15, 0.2) is 6.10 Å². The van der Waals surface area contributed by atoms with Crippen LogP contribution in [0.3, 0.4) is 0 Å². The number of benzene rings is 2. The predicted octanol–water partition coefficient (Wildman–Crippen LogP) is 4.14. The largest absolute Gasteiger partial charge is 0.496 e. The molecule has 1 aliphatic rings. The van der Waals surface area contributed by atoms with Crippen molar-refractivity contribution in [1.82, 2.24) is 0 Å². The third-order valence-corrected chi connectivity index (χ3v) is 4.10. The Morgan fingerprint density at radius 3 is 2.55 bits per heavy atom. The minimum atomic E-state index is -0.724. The lowest BCUT2D eigenvalue weighted by Gasteiger charge is -2.17. The first-order valence-electron chi connectivity index (χ1n) is 5.95. The normalized spacial score (nSPS) is 18.6. The van der Waals surface area contributed by atoms with Gasteiger partial charge >= 0.3 is 5.97 Å². The fraction of sp³-hybridized carbons (Fsp3) is 0.133. The van der Waals surface area contributed by atoms with Gasteiger partial charge in [-0.25, -0.2) is 4.79 Å². The Morgan fingerprint density at radius 2 is 1.90 bits per heavy atom. The number of esters is 1. The van der Waals surface area contributed by atoms with E-state index in [0.29, 0.717) is 11.3 Å². The second kappa shape index (κ2) is 5.00. The van der Waals surface area contributed by atoms with Crippen LogP contribution in [-0.2, 0) is 9.53 Å². The van der Waals surface area contributed by atoms with Gasteiger partial charge in [-0.05, 0) is 16.8 Å². The second-order valence-corrected chi connectivity index (χ2v) is 5.14. The molecular weight excluding hydrogens is 299 g/mol. The lowest BCUT2D eigenvalue weighted by Crippen LogP contribution is -2.05. The van der Waals surface area contributed by atoms with Crippen molar-refractivity contribution in [2.24, 2.45) is 0 Å². The summed E-state index contributed by atoms with van der Waals surface area (Å²) in [4.78, 5) is 11.6. The SMILES string of the molecule is COc1ccc2ccccc2c1C1OC(=O)C(Cl)=C1Cl. The van der Waals surface area contributed by atoms with Crippen LogP contribution in [0.2, 0.25) is 0 Å². The van der Waals surface area contributed by atoms with Crippen molar-refractivity contribution in [3.8, 4) is 5.75 Å². The predicted molar refractivity (Wildman–Crippen MR) is 78.1 cm³/mol. The highest BCUT2D eigenvalue weighted by Gasteiger charge is 2.36. The average Bonchev–Trinajstić information content (AvgIpc) is 2.73. The maximum atomic E-state index is 11.6. The Balaban J connectivity index is 2.27. The summed E-state index contributed by atoms with van der Waals surface area (Å²) in [7, 11) is 1.56. The summed E-state index contributed by atoms with van der Waals surface area (Å²) in [5.41, 5.74) is 0.708. The maximum Gasteiger partial charge on any atom is 0.352 e. The molecule has 0 saturated heterocycles. The molecule has 1 heterocycles. The van der Waals surface area contributed by atoms with E-state index in [-0.39, 0.29) is 10.1 Å². The quantitative estimate of drug-likeness (QED) is 0.782. The van der Waals surface area contributed by atoms with Crippen molar-refractivity contribution in [2.75, 3.05) is 7.11 Å². The third-order valence-electron chi connectivity index (χ3n) is 3.26. The first-order chi connectivity index (χ1) is 9.63. The summed E-state index contributed by atoms with van der Waals surface area (Å²) in [6, 6.07) is 11.5. The van der Waals surface area contributed by atoms with E-state index in [9.17, 15) is 4.79 Å². The van der Waals surface area contributed by atoms with E-state index >= 15 is 0 Å². The highest BCUT2D eigenvalue weighted by Crippen LogP contribution is 2.45. The average molecular weight is 309 g/mol. The van der Waals surface area contributed by atoms with Gasteiger partial charge in [-0.15, -0.1) is 0 Å². The standard InChI is InChI=1S/C15H10Cl2O3/c1-19-10-7-6-8-4-2-3-5-9(8)11(10)14-12(16)13(17)15(18)20-14/h2-7,14H,1H3. The Labute approximate surface area is 125 Å². The first kappa shape index (κ1) is 13.3. The van der Waals surface area contributed by atoms with Crippen molar-refractivity contribution in [2.45, 2.75) is 6.10 Å². The van der Waals surface area contributed by atoms with E-state index in [4.69, 9.17) is 32.7 Å². The summed E-state index contributed by atoms with van der Waals surface area (Å²) < 4.78 is 10.6. The monoisotopic (exact) mass is 308 g/mol. The Kier molecular flexibility index (Phi) is 3.32. The number of hydrogen-bond acceptors (Lipinski definition) is 3. The van der Waals surface area contributed by atoms with Crippen LogP contribution < -0.4 is 4.74 Å². The summed E-state index contributed by atoms with van der Waals surface area (Å²) in [5, 5.41) is 2.03. The molecule has 5 heteroatoms. The molecule has 1 unspecified atom stereocenters. The number of rotatable bonds is 2. The molecule has 3 nitrogen and oxygen atoms in total. The van der Waals surface area contributed by atoms with Crippen LogP contribution in [0.4, 0.5) is 0 Å². The van der Waals surface area contributed by atoms with Gasteiger partial charge in [0.05, 0.1) is 12.1 Å². The van der Waals surface area contributed by atoms with Gasteiger partial charge in [-0.1, -0.05) is 53.5 Å². The molecule has 0 aromatic heterocycles. The zero-order valence-electron chi connectivity index (χ0n) is 10.5. The number of fused-ring (bicyclic) bond motifs is 1. The van der Waals surface area contributed by atoms with Gasteiger partial charge < -0.3 is 9.47 Å². The van der Waals surface area contributed by atoms with E-state index in [1.807, 2.05) is 36.4 Å². The van der Waals surface area contributed by atoms with Crippen molar-refractivity contribution >= 4 is 39.9 Å². The number of cyclic esters (lactones) is 1. The lowest BCUT2D eigenvalue weighted by molar-refractivity contribution is -0.139. The van der Waals surface area contributed by atoms with Crippen LogP contribution >= 0.6 is 23.2 Å². The minimum absolute atomic E-state index is 0.0772. The number of methoxy groups -OCH3 is 1. The van der Waals surface area contributed by atoms with E-state index < -0.39 is 12.1 Å². The third kappa shape index (κ3) is 1.94. The first-order valence-corrected chi connectivity index (χ1v) is 6.71. The molecule has 0 bridgehead atoms. The molecule has 2 aromatic carbocycles. The zero-order chi connectivity index (χ0) is 14.3. The van der Waals surface area contributed by atoms with Gasteiger partial charge in [-0.3, -0.25) is 0 Å². The van der Waals surface area contributed by atoms with Crippen molar-refractivity contribution in [3.63, 3.8) is 0 Å². The molecule has 1 aliphatic heterocycles. The molecule has 0 spiro atoms. The molecule has 0 amide bonds. The van der Waals surface area contributed by atoms with E-state index in [1.165, 1.54) is 0 Å². The molecule has 0 fully saturated rings. The molecule has 0 aliphatic carbocycles.